The number of aromatic nitrogens is 1. The third-order valence-electron chi connectivity index (χ3n) is 2.43. The van der Waals surface area contributed by atoms with Gasteiger partial charge in [-0.05, 0) is 17.7 Å². The second-order valence-corrected chi connectivity index (χ2v) is 5.01. The van der Waals surface area contributed by atoms with E-state index < -0.39 is 5.97 Å². The quantitative estimate of drug-likeness (QED) is 0.836. The maximum absolute atomic E-state index is 10.9. The van der Waals surface area contributed by atoms with E-state index in [2.05, 4.69) is 4.98 Å². The van der Waals surface area contributed by atoms with Crippen LogP contribution in [0.25, 0.3) is 0 Å². The maximum Gasteiger partial charge on any atom is 0.304 e. The number of carbonyl (C=O) groups is 1. The molecule has 0 amide bonds. The summed E-state index contributed by atoms with van der Waals surface area (Å²) in [6.07, 6.45) is 1.80. The summed E-state index contributed by atoms with van der Waals surface area (Å²) in [5.41, 5.74) is 1.01. The number of carboxylic acids is 1. The Morgan fingerprint density at radius 3 is 2.50 bits per heavy atom. The summed E-state index contributed by atoms with van der Waals surface area (Å²) in [6, 6.07) is 15.3. The predicted octanol–water partition coefficient (Wildman–Crippen LogP) is 3.39. The number of aliphatic carboxylic acids is 1. The number of benzene rings is 1. The van der Waals surface area contributed by atoms with Crippen molar-refractivity contribution in [3.63, 3.8) is 0 Å². The Kier molecular flexibility index (Phi) is 4.36. The number of carboxylic acid groups (broad SMARTS) is 1. The molecule has 0 fully saturated rings. The molecule has 0 aliphatic carbocycles. The van der Waals surface area contributed by atoms with Crippen LogP contribution in [-0.4, -0.2) is 16.1 Å². The highest BCUT2D eigenvalue weighted by Crippen LogP contribution is 2.36. The van der Waals surface area contributed by atoms with Gasteiger partial charge in [-0.3, -0.25) is 4.79 Å². The average molecular weight is 259 g/mol. The molecule has 2 aromatic rings. The first kappa shape index (κ1) is 12.6. The molecular weight excluding hydrogens is 246 g/mol. The van der Waals surface area contributed by atoms with E-state index in [1.54, 1.807) is 6.20 Å². The van der Waals surface area contributed by atoms with Gasteiger partial charge in [0.05, 0.1) is 11.4 Å². The van der Waals surface area contributed by atoms with E-state index in [0.29, 0.717) is 0 Å². The highest BCUT2D eigenvalue weighted by molar-refractivity contribution is 7.99. The number of pyridine rings is 1. The molecule has 0 spiro atoms. The Hall–Kier alpha value is -1.81. The average Bonchev–Trinajstić information content (AvgIpc) is 2.40. The molecule has 0 bridgehead atoms. The number of rotatable bonds is 5. The third kappa shape index (κ3) is 3.60. The van der Waals surface area contributed by atoms with Gasteiger partial charge in [-0.1, -0.05) is 48.2 Å². The van der Waals surface area contributed by atoms with Crippen LogP contribution in [0.4, 0.5) is 0 Å². The highest BCUT2D eigenvalue weighted by atomic mass is 32.2. The second-order valence-electron chi connectivity index (χ2n) is 3.78. The van der Waals surface area contributed by atoms with Crippen molar-refractivity contribution >= 4 is 17.7 Å². The molecule has 2 rings (SSSR count). The monoisotopic (exact) mass is 259 g/mol. The lowest BCUT2D eigenvalue weighted by molar-refractivity contribution is -0.137. The molecule has 1 unspecified atom stereocenters. The molecule has 0 radical (unpaired) electrons. The van der Waals surface area contributed by atoms with E-state index in [9.17, 15) is 4.79 Å². The van der Waals surface area contributed by atoms with Crippen LogP contribution in [0.5, 0.6) is 0 Å². The van der Waals surface area contributed by atoms with Gasteiger partial charge in [-0.25, -0.2) is 4.98 Å². The molecule has 0 aliphatic rings. The van der Waals surface area contributed by atoms with E-state index in [-0.39, 0.29) is 11.7 Å². The number of hydrogen-bond acceptors (Lipinski definition) is 3. The Bertz CT molecular complexity index is 502. The highest BCUT2D eigenvalue weighted by Gasteiger charge is 2.17. The summed E-state index contributed by atoms with van der Waals surface area (Å²) in [5.74, 6) is -0.799. The second kappa shape index (κ2) is 6.21. The van der Waals surface area contributed by atoms with E-state index in [1.807, 2.05) is 48.5 Å². The minimum atomic E-state index is -0.799. The first-order chi connectivity index (χ1) is 8.75. The molecule has 18 heavy (non-hydrogen) atoms. The SMILES string of the molecule is O=C(O)CC(Sc1ccccn1)c1ccccc1. The van der Waals surface area contributed by atoms with Crippen molar-refractivity contribution in [2.24, 2.45) is 0 Å². The van der Waals surface area contributed by atoms with Gasteiger partial charge in [0, 0.05) is 11.4 Å². The Balaban J connectivity index is 2.18. The van der Waals surface area contributed by atoms with E-state index in [0.717, 1.165) is 10.6 Å². The Morgan fingerprint density at radius 1 is 1.17 bits per heavy atom. The van der Waals surface area contributed by atoms with Crippen molar-refractivity contribution in [3.05, 3.63) is 60.3 Å². The Labute approximate surface area is 110 Å². The van der Waals surface area contributed by atoms with Crippen molar-refractivity contribution in [1.82, 2.24) is 4.98 Å². The lowest BCUT2D eigenvalue weighted by atomic mass is 10.1. The first-order valence-corrected chi connectivity index (χ1v) is 6.48. The lowest BCUT2D eigenvalue weighted by Crippen LogP contribution is -2.03. The van der Waals surface area contributed by atoms with Crippen LogP contribution in [0.2, 0.25) is 0 Å². The van der Waals surface area contributed by atoms with E-state index >= 15 is 0 Å². The zero-order valence-electron chi connectivity index (χ0n) is 9.69. The predicted molar refractivity (Wildman–Crippen MR) is 71.5 cm³/mol. The van der Waals surface area contributed by atoms with Crippen molar-refractivity contribution in [1.29, 1.82) is 0 Å². The van der Waals surface area contributed by atoms with Gasteiger partial charge in [-0.2, -0.15) is 0 Å². The minimum absolute atomic E-state index is 0.0885. The van der Waals surface area contributed by atoms with Crippen LogP contribution < -0.4 is 0 Å². The van der Waals surface area contributed by atoms with Gasteiger partial charge < -0.3 is 5.11 Å². The Morgan fingerprint density at radius 2 is 1.89 bits per heavy atom. The molecule has 92 valence electrons. The zero-order valence-corrected chi connectivity index (χ0v) is 10.5. The van der Waals surface area contributed by atoms with Crippen LogP contribution in [0, 0.1) is 0 Å². The van der Waals surface area contributed by atoms with Crippen LogP contribution >= 0.6 is 11.8 Å². The molecule has 0 aliphatic heterocycles. The molecule has 3 nitrogen and oxygen atoms in total. The van der Waals surface area contributed by atoms with Crippen molar-refractivity contribution in [2.45, 2.75) is 16.7 Å². The molecule has 1 N–H and O–H groups in total. The van der Waals surface area contributed by atoms with Crippen molar-refractivity contribution in [2.75, 3.05) is 0 Å². The molecule has 1 atom stereocenters. The lowest BCUT2D eigenvalue weighted by Gasteiger charge is -2.14. The zero-order chi connectivity index (χ0) is 12.8. The van der Waals surface area contributed by atoms with Crippen LogP contribution in [0.15, 0.2) is 59.8 Å². The fourth-order valence-electron chi connectivity index (χ4n) is 1.62. The summed E-state index contributed by atoms with van der Waals surface area (Å²) < 4.78 is 0. The van der Waals surface area contributed by atoms with Gasteiger partial charge in [0.1, 0.15) is 0 Å². The third-order valence-corrected chi connectivity index (χ3v) is 3.64. The molecule has 4 heteroatoms. The fraction of sp³-hybridized carbons (Fsp3) is 0.143. The van der Waals surface area contributed by atoms with E-state index in [1.165, 1.54) is 11.8 Å². The molecule has 1 aromatic carbocycles. The van der Waals surface area contributed by atoms with Gasteiger partial charge in [0.15, 0.2) is 0 Å². The summed E-state index contributed by atoms with van der Waals surface area (Å²) in [7, 11) is 0. The smallest absolute Gasteiger partial charge is 0.304 e. The molecule has 1 aromatic heterocycles. The topological polar surface area (TPSA) is 50.2 Å². The number of thioether (sulfide) groups is 1. The van der Waals surface area contributed by atoms with Crippen molar-refractivity contribution < 1.29 is 9.90 Å². The summed E-state index contributed by atoms with van der Waals surface area (Å²) in [5, 5.41) is 9.72. The van der Waals surface area contributed by atoms with Crippen LogP contribution in [0.1, 0.15) is 17.2 Å². The standard InChI is InChI=1S/C14H13NO2S/c16-14(17)10-12(11-6-2-1-3-7-11)18-13-8-4-5-9-15-13/h1-9,12H,10H2,(H,16,17). The first-order valence-electron chi connectivity index (χ1n) is 5.60. The summed E-state index contributed by atoms with van der Waals surface area (Å²) in [6.45, 7) is 0. The summed E-state index contributed by atoms with van der Waals surface area (Å²) in [4.78, 5) is 15.2. The largest absolute Gasteiger partial charge is 0.481 e. The van der Waals surface area contributed by atoms with Crippen LogP contribution in [0.3, 0.4) is 0 Å². The molecule has 1 heterocycles. The molecule has 0 saturated heterocycles. The maximum atomic E-state index is 10.9. The van der Waals surface area contributed by atoms with Gasteiger partial charge >= 0.3 is 5.97 Å². The van der Waals surface area contributed by atoms with Gasteiger partial charge in [0.2, 0.25) is 0 Å². The normalized spacial score (nSPS) is 12.0. The fourth-order valence-corrected chi connectivity index (χ4v) is 2.71. The minimum Gasteiger partial charge on any atom is -0.481 e. The van der Waals surface area contributed by atoms with Crippen molar-refractivity contribution in [3.8, 4) is 0 Å². The van der Waals surface area contributed by atoms with Crippen LogP contribution in [-0.2, 0) is 4.79 Å². The van der Waals surface area contributed by atoms with E-state index in [4.69, 9.17) is 5.11 Å². The molecule has 0 saturated carbocycles. The summed E-state index contributed by atoms with van der Waals surface area (Å²) >= 11 is 1.48. The number of hydrogen-bond donors (Lipinski definition) is 1. The van der Waals surface area contributed by atoms with Gasteiger partial charge in [-0.15, -0.1) is 0 Å². The van der Waals surface area contributed by atoms with Gasteiger partial charge in [0.25, 0.3) is 0 Å². The number of nitrogens with zero attached hydrogens (tertiary/aromatic N) is 1. The molecular formula is C14H13NO2S.